The minimum atomic E-state index is -0.366. The van der Waals surface area contributed by atoms with E-state index < -0.39 is 0 Å². The normalized spacial score (nSPS) is 11.7. The SMILES string of the molecule is Cc1ccc(Cn2nc(CNC(C)(C)CO)c(-c3ccccc3)n2)cc1. The van der Waals surface area contributed by atoms with Gasteiger partial charge in [0.25, 0.3) is 0 Å². The number of aliphatic hydroxyl groups is 1. The zero-order valence-electron chi connectivity index (χ0n) is 15.6. The van der Waals surface area contributed by atoms with Crippen molar-refractivity contribution in [3.8, 4) is 11.3 Å². The van der Waals surface area contributed by atoms with Crippen LogP contribution in [0.15, 0.2) is 54.6 Å². The van der Waals surface area contributed by atoms with E-state index in [4.69, 9.17) is 10.2 Å². The molecule has 0 radical (unpaired) electrons. The summed E-state index contributed by atoms with van der Waals surface area (Å²) in [5.41, 5.74) is 4.84. The van der Waals surface area contributed by atoms with Gasteiger partial charge in [-0.3, -0.25) is 0 Å². The first-order valence-electron chi connectivity index (χ1n) is 8.88. The minimum absolute atomic E-state index is 0.0607. The van der Waals surface area contributed by atoms with Crippen LogP contribution in [-0.2, 0) is 13.1 Å². The van der Waals surface area contributed by atoms with Crippen LogP contribution >= 0.6 is 0 Å². The Kier molecular flexibility index (Phi) is 5.49. The van der Waals surface area contributed by atoms with Crippen LogP contribution in [0.5, 0.6) is 0 Å². The van der Waals surface area contributed by atoms with E-state index in [1.54, 1.807) is 4.80 Å². The number of nitrogens with one attached hydrogen (secondary N) is 1. The number of aromatic nitrogens is 3. The molecule has 5 heteroatoms. The lowest BCUT2D eigenvalue weighted by molar-refractivity contribution is 0.187. The summed E-state index contributed by atoms with van der Waals surface area (Å²) in [6.45, 7) is 7.24. The number of aryl methyl sites for hydroxylation is 1. The molecule has 26 heavy (non-hydrogen) atoms. The van der Waals surface area contributed by atoms with E-state index in [2.05, 4.69) is 36.5 Å². The van der Waals surface area contributed by atoms with Gasteiger partial charge in [-0.1, -0.05) is 60.2 Å². The molecule has 3 rings (SSSR count). The monoisotopic (exact) mass is 350 g/mol. The topological polar surface area (TPSA) is 63.0 Å². The van der Waals surface area contributed by atoms with Crippen LogP contribution in [-0.4, -0.2) is 32.2 Å². The summed E-state index contributed by atoms with van der Waals surface area (Å²) in [6.07, 6.45) is 0. The average molecular weight is 350 g/mol. The minimum Gasteiger partial charge on any atom is -0.394 e. The van der Waals surface area contributed by atoms with Gasteiger partial charge in [0.15, 0.2) is 0 Å². The molecular weight excluding hydrogens is 324 g/mol. The van der Waals surface area contributed by atoms with Crippen LogP contribution in [0.3, 0.4) is 0 Å². The quantitative estimate of drug-likeness (QED) is 0.687. The first-order valence-corrected chi connectivity index (χ1v) is 8.88. The molecule has 0 saturated carbocycles. The van der Waals surface area contributed by atoms with E-state index in [0.717, 1.165) is 17.0 Å². The maximum Gasteiger partial charge on any atom is 0.117 e. The van der Waals surface area contributed by atoms with Crippen molar-refractivity contribution >= 4 is 0 Å². The molecular formula is C21H26N4O. The van der Waals surface area contributed by atoms with Crippen LogP contribution in [0.25, 0.3) is 11.3 Å². The zero-order valence-corrected chi connectivity index (χ0v) is 15.6. The summed E-state index contributed by atoms with van der Waals surface area (Å²) < 4.78 is 0. The Morgan fingerprint density at radius 1 is 1.00 bits per heavy atom. The van der Waals surface area contributed by atoms with E-state index in [-0.39, 0.29) is 12.1 Å². The highest BCUT2D eigenvalue weighted by Gasteiger charge is 2.19. The van der Waals surface area contributed by atoms with Crippen molar-refractivity contribution in [1.82, 2.24) is 20.3 Å². The van der Waals surface area contributed by atoms with E-state index in [9.17, 15) is 5.11 Å². The molecule has 0 bridgehead atoms. The first-order chi connectivity index (χ1) is 12.5. The Morgan fingerprint density at radius 2 is 1.69 bits per heavy atom. The number of aliphatic hydroxyl groups excluding tert-OH is 1. The highest BCUT2D eigenvalue weighted by Crippen LogP contribution is 2.21. The molecule has 0 saturated heterocycles. The fourth-order valence-corrected chi connectivity index (χ4v) is 2.63. The van der Waals surface area contributed by atoms with Crippen molar-refractivity contribution in [3.63, 3.8) is 0 Å². The molecule has 0 aliphatic carbocycles. The van der Waals surface area contributed by atoms with Crippen LogP contribution in [0.4, 0.5) is 0 Å². The second-order valence-corrected chi connectivity index (χ2v) is 7.27. The van der Waals surface area contributed by atoms with Gasteiger partial charge in [-0.2, -0.15) is 15.0 Å². The van der Waals surface area contributed by atoms with Crippen LogP contribution in [0, 0.1) is 6.92 Å². The van der Waals surface area contributed by atoms with Crippen molar-refractivity contribution in [2.24, 2.45) is 0 Å². The van der Waals surface area contributed by atoms with Gasteiger partial charge < -0.3 is 10.4 Å². The van der Waals surface area contributed by atoms with Gasteiger partial charge in [-0.25, -0.2) is 0 Å². The number of rotatable bonds is 7. The second-order valence-electron chi connectivity index (χ2n) is 7.27. The highest BCUT2D eigenvalue weighted by atomic mass is 16.3. The van der Waals surface area contributed by atoms with Crippen LogP contribution in [0.1, 0.15) is 30.7 Å². The fraction of sp³-hybridized carbons (Fsp3) is 0.333. The smallest absolute Gasteiger partial charge is 0.117 e. The van der Waals surface area contributed by atoms with Crippen LogP contribution in [0.2, 0.25) is 0 Å². The molecule has 0 aliphatic heterocycles. The third-order valence-electron chi connectivity index (χ3n) is 4.35. The molecule has 1 heterocycles. The predicted molar refractivity (Wildman–Crippen MR) is 104 cm³/mol. The summed E-state index contributed by atoms with van der Waals surface area (Å²) in [4.78, 5) is 1.75. The maximum atomic E-state index is 9.48. The summed E-state index contributed by atoms with van der Waals surface area (Å²) in [5.74, 6) is 0. The van der Waals surface area contributed by atoms with Gasteiger partial charge in [0.05, 0.1) is 13.2 Å². The molecule has 0 amide bonds. The van der Waals surface area contributed by atoms with Gasteiger partial charge in [0.2, 0.25) is 0 Å². The molecule has 0 spiro atoms. The average Bonchev–Trinajstić information content (AvgIpc) is 3.06. The van der Waals surface area contributed by atoms with Gasteiger partial charge in [-0.05, 0) is 26.3 Å². The fourth-order valence-electron chi connectivity index (χ4n) is 2.63. The molecule has 0 unspecified atom stereocenters. The third kappa shape index (κ3) is 4.56. The first kappa shape index (κ1) is 18.3. The van der Waals surface area contributed by atoms with Crippen molar-refractivity contribution in [3.05, 3.63) is 71.4 Å². The number of hydrogen-bond donors (Lipinski definition) is 2. The van der Waals surface area contributed by atoms with Gasteiger partial charge in [-0.15, -0.1) is 0 Å². The van der Waals surface area contributed by atoms with E-state index in [1.807, 2.05) is 44.2 Å². The summed E-state index contributed by atoms with van der Waals surface area (Å²) in [6, 6.07) is 18.5. The van der Waals surface area contributed by atoms with Crippen molar-refractivity contribution in [1.29, 1.82) is 0 Å². The zero-order chi connectivity index (χ0) is 18.6. The van der Waals surface area contributed by atoms with Crippen molar-refractivity contribution in [2.75, 3.05) is 6.61 Å². The lowest BCUT2D eigenvalue weighted by Gasteiger charge is -2.23. The van der Waals surface area contributed by atoms with Crippen molar-refractivity contribution < 1.29 is 5.11 Å². The van der Waals surface area contributed by atoms with Gasteiger partial charge >= 0.3 is 0 Å². The predicted octanol–water partition coefficient (Wildman–Crippen LogP) is 3.16. The Balaban J connectivity index is 1.88. The summed E-state index contributed by atoms with van der Waals surface area (Å²) >= 11 is 0. The van der Waals surface area contributed by atoms with E-state index >= 15 is 0 Å². The number of hydrogen-bond acceptors (Lipinski definition) is 4. The Morgan fingerprint density at radius 3 is 2.35 bits per heavy atom. The molecule has 1 aromatic heterocycles. The third-order valence-corrected chi connectivity index (χ3v) is 4.35. The molecule has 3 aromatic rings. The molecule has 5 nitrogen and oxygen atoms in total. The summed E-state index contributed by atoms with van der Waals surface area (Å²) in [7, 11) is 0. The lowest BCUT2D eigenvalue weighted by atomic mass is 10.1. The standard InChI is InChI=1S/C21H26N4O/c1-16-9-11-17(12-10-16)14-25-23-19(13-22-21(2,3)15-26)20(24-25)18-7-5-4-6-8-18/h4-12,22,26H,13-15H2,1-3H3. The molecule has 136 valence electrons. The second kappa shape index (κ2) is 7.81. The number of nitrogens with zero attached hydrogens (tertiary/aromatic N) is 3. The molecule has 2 N–H and O–H groups in total. The molecule has 0 atom stereocenters. The van der Waals surface area contributed by atoms with Gasteiger partial charge in [0, 0.05) is 17.6 Å². The van der Waals surface area contributed by atoms with E-state index in [0.29, 0.717) is 13.1 Å². The molecule has 0 aliphatic rings. The Bertz CT molecular complexity index is 838. The molecule has 2 aromatic carbocycles. The lowest BCUT2D eigenvalue weighted by Crippen LogP contribution is -2.42. The highest BCUT2D eigenvalue weighted by molar-refractivity contribution is 5.60. The maximum absolute atomic E-state index is 9.48. The Hall–Kier alpha value is -2.50. The van der Waals surface area contributed by atoms with Crippen molar-refractivity contribution in [2.45, 2.75) is 39.4 Å². The largest absolute Gasteiger partial charge is 0.394 e. The summed E-state index contributed by atoms with van der Waals surface area (Å²) in [5, 5.41) is 22.3. The van der Waals surface area contributed by atoms with Gasteiger partial charge in [0.1, 0.15) is 11.4 Å². The van der Waals surface area contributed by atoms with E-state index in [1.165, 1.54) is 11.1 Å². The molecule has 0 fully saturated rings. The Labute approximate surface area is 154 Å². The van der Waals surface area contributed by atoms with Crippen LogP contribution < -0.4 is 5.32 Å². The number of benzene rings is 2.